The monoisotopic (exact) mass is 486 g/mol. The van der Waals surface area contributed by atoms with Gasteiger partial charge in [-0.25, -0.2) is 4.79 Å². The van der Waals surface area contributed by atoms with Gasteiger partial charge in [0.1, 0.15) is 13.2 Å². The summed E-state index contributed by atoms with van der Waals surface area (Å²) in [7, 11) is 5.93. The van der Waals surface area contributed by atoms with Gasteiger partial charge in [0.15, 0.2) is 28.1 Å². The van der Waals surface area contributed by atoms with Gasteiger partial charge in [0.2, 0.25) is 5.75 Å². The first-order valence-electron chi connectivity index (χ1n) is 10.5. The summed E-state index contributed by atoms with van der Waals surface area (Å²) in [6.07, 6.45) is 0. The largest absolute Gasteiger partial charge is 0.493 e. The second-order valence-corrected chi connectivity index (χ2v) is 7.85. The van der Waals surface area contributed by atoms with E-state index in [9.17, 15) is 4.79 Å². The third kappa shape index (κ3) is 3.94. The van der Waals surface area contributed by atoms with Gasteiger partial charge in [0.25, 0.3) is 0 Å². The van der Waals surface area contributed by atoms with E-state index in [2.05, 4.69) is 5.32 Å². The van der Waals surface area contributed by atoms with Crippen LogP contribution >= 0.6 is 12.2 Å². The quantitative estimate of drug-likeness (QED) is 0.484. The van der Waals surface area contributed by atoms with Gasteiger partial charge in [0, 0.05) is 17.3 Å². The summed E-state index contributed by atoms with van der Waals surface area (Å²) in [6, 6.07) is 8.41. The van der Waals surface area contributed by atoms with Gasteiger partial charge in [0.05, 0.1) is 45.7 Å². The van der Waals surface area contributed by atoms with E-state index in [0.717, 1.165) is 5.69 Å². The van der Waals surface area contributed by atoms with Crippen LogP contribution in [-0.4, -0.2) is 52.7 Å². The molecule has 1 atom stereocenters. The average Bonchev–Trinajstić information content (AvgIpc) is 2.86. The fourth-order valence-corrected chi connectivity index (χ4v) is 4.54. The van der Waals surface area contributed by atoms with Gasteiger partial charge in [-0.3, -0.25) is 4.90 Å². The van der Waals surface area contributed by atoms with Crippen LogP contribution in [0.2, 0.25) is 0 Å². The number of nitrogens with zero attached hydrogens (tertiary/aromatic N) is 1. The molecule has 34 heavy (non-hydrogen) atoms. The van der Waals surface area contributed by atoms with Crippen molar-refractivity contribution < 1.29 is 33.2 Å². The number of rotatable bonds is 6. The summed E-state index contributed by atoms with van der Waals surface area (Å²) in [5.74, 6) is 2.10. The number of ether oxygens (including phenoxy) is 6. The van der Waals surface area contributed by atoms with Gasteiger partial charge in [-0.1, -0.05) is 0 Å². The normalized spacial score (nSPS) is 17.1. The van der Waals surface area contributed by atoms with Crippen molar-refractivity contribution in [2.24, 2.45) is 0 Å². The molecular formula is C24H26N2O7S. The number of hydrogen-bond acceptors (Lipinski definition) is 8. The van der Waals surface area contributed by atoms with Crippen LogP contribution in [0.1, 0.15) is 18.5 Å². The lowest BCUT2D eigenvalue weighted by Gasteiger charge is -2.38. The molecule has 0 fully saturated rings. The molecule has 2 aromatic rings. The Hall–Kier alpha value is -3.66. The number of allylic oxidation sites excluding steroid dienone is 1. The first-order valence-corrected chi connectivity index (χ1v) is 10.9. The van der Waals surface area contributed by atoms with Crippen LogP contribution in [0, 0.1) is 0 Å². The first kappa shape index (κ1) is 23.5. The standard InChI is InChI=1S/C24H26N2O7S/c1-13-19(23(27)31-5)20(15-7-9-17(28-2)22(30-4)21(15)29-3)25-24(34)26(13)14-6-8-16-18(12-14)33-11-10-32-16/h6-9,12,20H,10-11H2,1-5H3,(H,25,34). The van der Waals surface area contributed by atoms with E-state index >= 15 is 0 Å². The maximum absolute atomic E-state index is 13.0. The number of carbonyl (C=O) groups is 1. The van der Waals surface area contributed by atoms with Crippen LogP contribution in [-0.2, 0) is 9.53 Å². The van der Waals surface area contributed by atoms with Gasteiger partial charge in [-0.2, -0.15) is 0 Å². The minimum atomic E-state index is -0.650. The van der Waals surface area contributed by atoms with E-state index in [1.165, 1.54) is 21.3 Å². The van der Waals surface area contributed by atoms with E-state index in [0.29, 0.717) is 63.9 Å². The zero-order chi connectivity index (χ0) is 24.4. The second-order valence-electron chi connectivity index (χ2n) is 7.46. The molecule has 2 aliphatic rings. The Morgan fingerprint density at radius 1 is 1.00 bits per heavy atom. The van der Waals surface area contributed by atoms with Gasteiger partial charge < -0.3 is 33.7 Å². The van der Waals surface area contributed by atoms with Crippen LogP contribution < -0.4 is 33.9 Å². The highest BCUT2D eigenvalue weighted by Crippen LogP contribution is 2.46. The van der Waals surface area contributed by atoms with Crippen molar-refractivity contribution in [3.8, 4) is 28.7 Å². The smallest absolute Gasteiger partial charge is 0.337 e. The van der Waals surface area contributed by atoms with Crippen molar-refractivity contribution >= 4 is 29.0 Å². The van der Waals surface area contributed by atoms with Crippen LogP contribution in [0.4, 0.5) is 5.69 Å². The zero-order valence-electron chi connectivity index (χ0n) is 19.6. The summed E-state index contributed by atoms with van der Waals surface area (Å²) >= 11 is 5.74. The molecule has 4 rings (SSSR count). The second kappa shape index (κ2) is 9.68. The number of nitrogens with one attached hydrogen (secondary N) is 1. The summed E-state index contributed by atoms with van der Waals surface area (Å²) in [4.78, 5) is 14.8. The average molecular weight is 487 g/mol. The fourth-order valence-electron chi connectivity index (χ4n) is 4.18. The summed E-state index contributed by atoms with van der Waals surface area (Å²) in [6.45, 7) is 2.77. The van der Waals surface area contributed by atoms with E-state index in [-0.39, 0.29) is 0 Å². The molecule has 2 aromatic carbocycles. The zero-order valence-corrected chi connectivity index (χ0v) is 20.4. The highest BCUT2D eigenvalue weighted by molar-refractivity contribution is 7.80. The van der Waals surface area contributed by atoms with Crippen molar-refractivity contribution in [3.05, 3.63) is 47.2 Å². The lowest BCUT2D eigenvalue weighted by molar-refractivity contribution is -0.136. The van der Waals surface area contributed by atoms with Crippen molar-refractivity contribution in [1.29, 1.82) is 0 Å². The van der Waals surface area contributed by atoms with E-state index in [4.69, 9.17) is 40.6 Å². The molecule has 0 aromatic heterocycles. The maximum atomic E-state index is 13.0. The Labute approximate surface area is 203 Å². The molecule has 0 radical (unpaired) electrons. The van der Waals surface area contributed by atoms with Crippen LogP contribution in [0.25, 0.3) is 0 Å². The Morgan fingerprint density at radius 3 is 2.35 bits per heavy atom. The van der Waals surface area contributed by atoms with E-state index in [1.807, 2.05) is 25.1 Å². The number of benzene rings is 2. The summed E-state index contributed by atoms with van der Waals surface area (Å²) < 4.78 is 33.1. The molecule has 1 N–H and O–H groups in total. The number of carbonyl (C=O) groups excluding carboxylic acids is 1. The molecule has 0 bridgehead atoms. The Morgan fingerprint density at radius 2 is 1.71 bits per heavy atom. The molecule has 1 unspecified atom stereocenters. The molecule has 0 saturated heterocycles. The summed E-state index contributed by atoms with van der Waals surface area (Å²) in [5.41, 5.74) is 2.34. The molecule has 180 valence electrons. The topological polar surface area (TPSA) is 87.7 Å². The Bertz CT molecular complexity index is 1160. The number of fused-ring (bicyclic) bond motifs is 1. The molecule has 2 aliphatic heterocycles. The number of esters is 1. The minimum Gasteiger partial charge on any atom is -0.493 e. The van der Waals surface area contributed by atoms with Crippen LogP contribution in [0.5, 0.6) is 28.7 Å². The third-order valence-corrected chi connectivity index (χ3v) is 6.02. The minimum absolute atomic E-state index is 0.372. The van der Waals surface area contributed by atoms with Crippen molar-refractivity contribution in [1.82, 2.24) is 5.32 Å². The number of anilines is 1. The summed E-state index contributed by atoms with van der Waals surface area (Å²) in [5, 5.41) is 3.66. The predicted molar refractivity (Wildman–Crippen MR) is 129 cm³/mol. The SMILES string of the molecule is COC(=O)C1=C(C)N(c2ccc3c(c2)OCCO3)C(=S)NC1c1ccc(OC)c(OC)c1OC. The molecule has 10 heteroatoms. The van der Waals surface area contributed by atoms with E-state index in [1.54, 1.807) is 24.1 Å². The lowest BCUT2D eigenvalue weighted by Crippen LogP contribution is -2.48. The molecule has 9 nitrogen and oxygen atoms in total. The first-order chi connectivity index (χ1) is 16.4. The highest BCUT2D eigenvalue weighted by atomic mass is 32.1. The van der Waals surface area contributed by atoms with E-state index < -0.39 is 12.0 Å². The molecule has 0 amide bonds. The van der Waals surface area contributed by atoms with Crippen LogP contribution in [0.3, 0.4) is 0 Å². The number of hydrogen-bond donors (Lipinski definition) is 1. The van der Waals surface area contributed by atoms with Crippen molar-refractivity contribution in [3.63, 3.8) is 0 Å². The number of methoxy groups -OCH3 is 4. The number of thiocarbonyl (C=S) groups is 1. The molecular weight excluding hydrogens is 460 g/mol. The maximum Gasteiger partial charge on any atom is 0.337 e. The fraction of sp³-hybridized carbons (Fsp3) is 0.333. The predicted octanol–water partition coefficient (Wildman–Crippen LogP) is 3.37. The third-order valence-electron chi connectivity index (χ3n) is 5.72. The lowest BCUT2D eigenvalue weighted by atomic mass is 9.93. The van der Waals surface area contributed by atoms with Crippen molar-refractivity contribution in [2.45, 2.75) is 13.0 Å². The van der Waals surface area contributed by atoms with Gasteiger partial charge in [-0.15, -0.1) is 0 Å². The molecule has 0 spiro atoms. The highest BCUT2D eigenvalue weighted by Gasteiger charge is 2.38. The van der Waals surface area contributed by atoms with Crippen LogP contribution in [0.15, 0.2) is 41.6 Å². The van der Waals surface area contributed by atoms with Gasteiger partial charge >= 0.3 is 5.97 Å². The Kier molecular flexibility index (Phi) is 6.69. The van der Waals surface area contributed by atoms with Gasteiger partial charge in [-0.05, 0) is 43.4 Å². The molecule has 0 aliphatic carbocycles. The Balaban J connectivity index is 1.86. The molecule has 2 heterocycles. The molecule has 0 saturated carbocycles. The van der Waals surface area contributed by atoms with Crippen molar-refractivity contribution in [2.75, 3.05) is 46.6 Å².